The predicted molar refractivity (Wildman–Crippen MR) is 77.4 cm³/mol. The molecule has 3 nitrogen and oxygen atoms in total. The molecule has 1 aromatic carbocycles. The summed E-state index contributed by atoms with van der Waals surface area (Å²) >= 11 is 0. The van der Waals surface area contributed by atoms with Crippen molar-refractivity contribution in [3.8, 4) is 5.75 Å². The number of rotatable bonds is 6. The molecule has 1 N–H and O–H groups in total. The normalized spacial score (nSPS) is 29.9. The third-order valence-corrected chi connectivity index (χ3v) is 4.68. The average molecular weight is 263 g/mol. The summed E-state index contributed by atoms with van der Waals surface area (Å²) in [4.78, 5) is 0. The zero-order valence-electron chi connectivity index (χ0n) is 12.4. The molecule has 3 atom stereocenters. The molecule has 1 aromatic rings. The van der Waals surface area contributed by atoms with Crippen molar-refractivity contribution in [2.45, 2.75) is 45.4 Å². The molecule has 0 radical (unpaired) electrons. The largest absolute Gasteiger partial charge is 0.497 e. The lowest BCUT2D eigenvalue weighted by Gasteiger charge is -2.53. The summed E-state index contributed by atoms with van der Waals surface area (Å²) in [5, 5.41) is 3.39. The summed E-state index contributed by atoms with van der Waals surface area (Å²) < 4.78 is 11.3. The molecule has 0 bridgehead atoms. The van der Waals surface area contributed by atoms with E-state index in [1.807, 2.05) is 25.2 Å². The molecule has 106 valence electrons. The van der Waals surface area contributed by atoms with Crippen molar-refractivity contribution >= 4 is 0 Å². The standard InChI is InChI=1S/C16H25NO2/c1-5-16(2)14(17-3)10-15(16)19-11-12-7-6-8-13(9-12)18-4/h6-9,14-15,17H,5,10-11H2,1-4H3. The summed E-state index contributed by atoms with van der Waals surface area (Å²) in [7, 11) is 3.73. The molecule has 1 aliphatic rings. The summed E-state index contributed by atoms with van der Waals surface area (Å²) in [5.41, 5.74) is 1.43. The molecule has 2 rings (SSSR count). The lowest BCUT2D eigenvalue weighted by molar-refractivity contribution is -0.134. The fourth-order valence-corrected chi connectivity index (χ4v) is 2.96. The van der Waals surface area contributed by atoms with E-state index in [1.165, 1.54) is 5.56 Å². The topological polar surface area (TPSA) is 30.5 Å². The third kappa shape index (κ3) is 2.77. The SMILES string of the molecule is CCC1(C)C(NC)CC1OCc1cccc(OC)c1. The number of hydrogen-bond donors (Lipinski definition) is 1. The first kappa shape index (κ1) is 14.4. The molecular formula is C16H25NO2. The zero-order valence-corrected chi connectivity index (χ0v) is 12.4. The van der Waals surface area contributed by atoms with Gasteiger partial charge in [0.05, 0.1) is 19.8 Å². The van der Waals surface area contributed by atoms with Gasteiger partial charge in [0.2, 0.25) is 0 Å². The van der Waals surface area contributed by atoms with Crippen molar-refractivity contribution in [2.24, 2.45) is 5.41 Å². The van der Waals surface area contributed by atoms with Gasteiger partial charge in [-0.05, 0) is 37.6 Å². The molecule has 1 aliphatic carbocycles. The first-order valence-corrected chi connectivity index (χ1v) is 7.05. The van der Waals surface area contributed by atoms with Gasteiger partial charge >= 0.3 is 0 Å². The van der Waals surface area contributed by atoms with Crippen LogP contribution in [0.4, 0.5) is 0 Å². The molecule has 19 heavy (non-hydrogen) atoms. The maximum Gasteiger partial charge on any atom is 0.119 e. The van der Waals surface area contributed by atoms with Crippen LogP contribution in [0.3, 0.4) is 0 Å². The molecule has 3 heteroatoms. The molecule has 0 aromatic heterocycles. The van der Waals surface area contributed by atoms with Gasteiger partial charge in [-0.2, -0.15) is 0 Å². The molecule has 0 saturated heterocycles. The Labute approximate surface area is 116 Å². The molecule has 3 unspecified atom stereocenters. The van der Waals surface area contributed by atoms with Gasteiger partial charge < -0.3 is 14.8 Å². The predicted octanol–water partition coefficient (Wildman–Crippen LogP) is 2.99. The summed E-state index contributed by atoms with van der Waals surface area (Å²) in [6.45, 7) is 5.22. The Bertz CT molecular complexity index is 421. The first-order chi connectivity index (χ1) is 9.13. The van der Waals surface area contributed by atoms with E-state index in [0.29, 0.717) is 18.8 Å². The Hall–Kier alpha value is -1.06. The van der Waals surface area contributed by atoms with Gasteiger partial charge in [-0.1, -0.05) is 26.0 Å². The maximum atomic E-state index is 6.11. The van der Waals surface area contributed by atoms with Crippen LogP contribution in [0, 0.1) is 5.41 Å². The zero-order chi connectivity index (χ0) is 13.9. The minimum Gasteiger partial charge on any atom is -0.497 e. The fraction of sp³-hybridized carbons (Fsp3) is 0.625. The maximum absolute atomic E-state index is 6.11. The average Bonchev–Trinajstić information content (AvgIpc) is 2.45. The minimum absolute atomic E-state index is 0.258. The van der Waals surface area contributed by atoms with E-state index in [9.17, 15) is 0 Å². The van der Waals surface area contributed by atoms with Gasteiger partial charge in [-0.15, -0.1) is 0 Å². The van der Waals surface area contributed by atoms with Gasteiger partial charge in [-0.25, -0.2) is 0 Å². The van der Waals surface area contributed by atoms with Crippen LogP contribution in [0.5, 0.6) is 5.75 Å². The van der Waals surface area contributed by atoms with Crippen LogP contribution in [-0.4, -0.2) is 26.3 Å². The van der Waals surface area contributed by atoms with Crippen LogP contribution >= 0.6 is 0 Å². The lowest BCUT2D eigenvalue weighted by atomic mass is 9.61. The van der Waals surface area contributed by atoms with Crippen LogP contribution in [-0.2, 0) is 11.3 Å². The van der Waals surface area contributed by atoms with Gasteiger partial charge in [0, 0.05) is 11.5 Å². The van der Waals surface area contributed by atoms with Crippen molar-refractivity contribution in [2.75, 3.05) is 14.2 Å². The number of nitrogens with one attached hydrogen (secondary N) is 1. The van der Waals surface area contributed by atoms with E-state index in [1.54, 1.807) is 7.11 Å². The number of hydrogen-bond acceptors (Lipinski definition) is 3. The Kier molecular flexibility index (Phi) is 4.48. The van der Waals surface area contributed by atoms with E-state index >= 15 is 0 Å². The highest BCUT2D eigenvalue weighted by Crippen LogP contribution is 2.46. The Morgan fingerprint density at radius 1 is 1.42 bits per heavy atom. The lowest BCUT2D eigenvalue weighted by Crippen LogP contribution is -2.61. The van der Waals surface area contributed by atoms with Crippen molar-refractivity contribution < 1.29 is 9.47 Å². The summed E-state index contributed by atoms with van der Waals surface area (Å²) in [6, 6.07) is 8.67. The van der Waals surface area contributed by atoms with Crippen LogP contribution < -0.4 is 10.1 Å². The second-order valence-electron chi connectivity index (χ2n) is 5.59. The second kappa shape index (κ2) is 5.93. The van der Waals surface area contributed by atoms with E-state index in [4.69, 9.17) is 9.47 Å². The van der Waals surface area contributed by atoms with Crippen LogP contribution in [0.15, 0.2) is 24.3 Å². The van der Waals surface area contributed by atoms with Crippen molar-refractivity contribution in [3.05, 3.63) is 29.8 Å². The van der Waals surface area contributed by atoms with E-state index in [0.717, 1.165) is 18.6 Å². The molecule has 0 spiro atoms. The third-order valence-electron chi connectivity index (χ3n) is 4.68. The second-order valence-corrected chi connectivity index (χ2v) is 5.59. The highest BCUT2D eigenvalue weighted by Gasteiger charge is 2.50. The smallest absolute Gasteiger partial charge is 0.119 e. The quantitative estimate of drug-likeness (QED) is 0.856. The van der Waals surface area contributed by atoms with Gasteiger partial charge in [-0.3, -0.25) is 0 Å². The Balaban J connectivity index is 1.92. The van der Waals surface area contributed by atoms with E-state index < -0.39 is 0 Å². The molecule has 0 amide bonds. The first-order valence-electron chi connectivity index (χ1n) is 7.05. The van der Waals surface area contributed by atoms with Gasteiger partial charge in [0.1, 0.15) is 5.75 Å². The van der Waals surface area contributed by atoms with Crippen molar-refractivity contribution in [1.29, 1.82) is 0 Å². The van der Waals surface area contributed by atoms with Gasteiger partial charge in [0.25, 0.3) is 0 Å². The Morgan fingerprint density at radius 2 is 2.21 bits per heavy atom. The summed E-state index contributed by atoms with van der Waals surface area (Å²) in [5.74, 6) is 0.890. The fourth-order valence-electron chi connectivity index (χ4n) is 2.96. The van der Waals surface area contributed by atoms with Gasteiger partial charge in [0.15, 0.2) is 0 Å². The highest BCUT2D eigenvalue weighted by molar-refractivity contribution is 5.28. The monoisotopic (exact) mass is 263 g/mol. The molecule has 1 saturated carbocycles. The summed E-state index contributed by atoms with van der Waals surface area (Å²) in [6.07, 6.45) is 2.59. The molecular weight excluding hydrogens is 238 g/mol. The minimum atomic E-state index is 0.258. The van der Waals surface area contributed by atoms with Crippen LogP contribution in [0.2, 0.25) is 0 Å². The highest BCUT2D eigenvalue weighted by atomic mass is 16.5. The molecule has 0 aliphatic heterocycles. The van der Waals surface area contributed by atoms with Crippen molar-refractivity contribution in [1.82, 2.24) is 5.32 Å². The van der Waals surface area contributed by atoms with E-state index in [-0.39, 0.29) is 5.41 Å². The van der Waals surface area contributed by atoms with Crippen LogP contribution in [0.1, 0.15) is 32.3 Å². The Morgan fingerprint density at radius 3 is 2.84 bits per heavy atom. The number of methoxy groups -OCH3 is 1. The number of ether oxygens (including phenoxy) is 2. The van der Waals surface area contributed by atoms with Crippen LogP contribution in [0.25, 0.3) is 0 Å². The van der Waals surface area contributed by atoms with Crippen molar-refractivity contribution in [3.63, 3.8) is 0 Å². The number of benzene rings is 1. The van der Waals surface area contributed by atoms with E-state index in [2.05, 4.69) is 25.2 Å². The molecule has 0 heterocycles. The molecule has 1 fully saturated rings.